The Bertz CT molecular complexity index is 525. The molecule has 0 aromatic carbocycles. The van der Waals surface area contributed by atoms with Gasteiger partial charge in [-0.2, -0.15) is 5.26 Å². The summed E-state index contributed by atoms with van der Waals surface area (Å²) in [6, 6.07) is 0. The van der Waals surface area contributed by atoms with Gasteiger partial charge < -0.3 is 9.79 Å². The number of aromatic amines is 1. The molecule has 2 aromatic heterocycles. The first-order chi connectivity index (χ1) is 6.38. The number of anilines is 1. The third kappa shape index (κ3) is 0.692. The molecule has 0 spiro atoms. The van der Waals surface area contributed by atoms with Crippen LogP contribution in [0.5, 0.6) is 0 Å². The Morgan fingerprint density at radius 1 is 1.54 bits per heavy atom. The molecule has 59 valence electrons. The van der Waals surface area contributed by atoms with Crippen molar-refractivity contribution in [1.82, 2.24) is 19.9 Å². The largest absolute Gasteiger partial charge is 0.355 e. The van der Waals surface area contributed by atoms with Crippen LogP contribution in [0.4, 0.5) is 5.82 Å². The van der Waals surface area contributed by atoms with Gasteiger partial charge in [0.2, 0.25) is 0 Å². The molecule has 6 nitrogen and oxygen atoms in total. The van der Waals surface area contributed by atoms with E-state index < -0.39 is 0 Å². The number of fused-ring (bicyclic) bond motifs is 4. The van der Waals surface area contributed by atoms with Crippen LogP contribution in [0.2, 0.25) is 0 Å². The van der Waals surface area contributed by atoms with Gasteiger partial charge in [-0.05, 0) is 0 Å². The lowest BCUT2D eigenvalue weighted by Crippen LogP contribution is -2.26. The van der Waals surface area contributed by atoms with E-state index in [0.717, 1.165) is 0 Å². The number of nitriles is 1. The third-order valence-electron chi connectivity index (χ3n) is 1.86. The Morgan fingerprint density at radius 3 is 3.31 bits per heavy atom. The highest BCUT2D eigenvalue weighted by molar-refractivity contribution is 6.59. The topological polar surface area (TPSA) is 81.5 Å². The summed E-state index contributed by atoms with van der Waals surface area (Å²) in [4.78, 5) is 16.4. The first-order valence-corrected chi connectivity index (χ1v) is 3.63. The van der Waals surface area contributed by atoms with Gasteiger partial charge in [-0.1, -0.05) is 0 Å². The highest BCUT2D eigenvalue weighted by atomic mass is 15.2. The van der Waals surface area contributed by atoms with E-state index in [1.807, 2.05) is 6.19 Å². The van der Waals surface area contributed by atoms with E-state index >= 15 is 0 Å². The van der Waals surface area contributed by atoms with E-state index in [1.54, 1.807) is 7.41 Å². The number of imidazole rings is 1. The van der Waals surface area contributed by atoms with Gasteiger partial charge >= 0.3 is 7.41 Å². The Hall–Kier alpha value is -2.10. The SMILES string of the molecule is N#CN1[B]c2nc1c1[nH]cnc1n2. The zero-order chi connectivity index (χ0) is 8.84. The smallest absolute Gasteiger partial charge is 0.340 e. The standard InChI is InChI=1S/C6H2BN6/c8-1-13-5-3-4(10-2-9-3)11-6(7-13)12-5/h2H,(H,9,10,11,12). The molecule has 0 saturated heterocycles. The van der Waals surface area contributed by atoms with E-state index in [4.69, 9.17) is 5.26 Å². The van der Waals surface area contributed by atoms with Gasteiger partial charge in [-0.25, -0.2) is 15.0 Å². The van der Waals surface area contributed by atoms with Gasteiger partial charge in [-0.15, -0.1) is 0 Å². The van der Waals surface area contributed by atoms with E-state index in [1.165, 1.54) is 11.1 Å². The van der Waals surface area contributed by atoms with Crippen LogP contribution in [0, 0.1) is 11.5 Å². The molecule has 1 aliphatic heterocycles. The predicted molar refractivity (Wildman–Crippen MR) is 45.2 cm³/mol. The molecule has 1 aliphatic rings. The Balaban J connectivity index is 2.41. The maximum absolute atomic E-state index is 8.75. The van der Waals surface area contributed by atoms with Crippen molar-refractivity contribution in [2.75, 3.05) is 4.81 Å². The van der Waals surface area contributed by atoms with E-state index in [-0.39, 0.29) is 0 Å². The fourth-order valence-corrected chi connectivity index (χ4v) is 1.32. The van der Waals surface area contributed by atoms with Gasteiger partial charge in [0.15, 0.2) is 17.7 Å². The van der Waals surface area contributed by atoms with Crippen LogP contribution in [-0.4, -0.2) is 27.4 Å². The second-order valence-electron chi connectivity index (χ2n) is 2.61. The van der Waals surface area contributed by atoms with Crippen LogP contribution in [-0.2, 0) is 0 Å². The minimum Gasteiger partial charge on any atom is -0.340 e. The number of H-pyrrole nitrogens is 1. The van der Waals surface area contributed by atoms with E-state index in [2.05, 4.69) is 19.9 Å². The van der Waals surface area contributed by atoms with E-state index in [0.29, 0.717) is 22.7 Å². The van der Waals surface area contributed by atoms with Crippen molar-refractivity contribution in [3.05, 3.63) is 6.33 Å². The Morgan fingerprint density at radius 2 is 2.46 bits per heavy atom. The van der Waals surface area contributed by atoms with Crippen molar-refractivity contribution in [3.63, 3.8) is 0 Å². The summed E-state index contributed by atoms with van der Waals surface area (Å²) in [7, 11) is 1.57. The molecule has 0 aliphatic carbocycles. The maximum atomic E-state index is 8.75. The molecule has 3 heterocycles. The first-order valence-electron chi connectivity index (χ1n) is 3.63. The lowest BCUT2D eigenvalue weighted by Gasteiger charge is -2.01. The van der Waals surface area contributed by atoms with Crippen molar-refractivity contribution in [3.8, 4) is 6.19 Å². The zero-order valence-electron chi connectivity index (χ0n) is 6.39. The minimum atomic E-state index is 0.524. The number of aromatic nitrogens is 4. The number of rotatable bonds is 0. The monoisotopic (exact) mass is 169 g/mol. The fourth-order valence-electron chi connectivity index (χ4n) is 1.32. The average molecular weight is 169 g/mol. The summed E-state index contributed by atoms with van der Waals surface area (Å²) in [6.07, 6.45) is 3.52. The number of hydrogen-bond acceptors (Lipinski definition) is 5. The molecule has 0 fully saturated rings. The Labute approximate surface area is 73.5 Å². The lowest BCUT2D eigenvalue weighted by molar-refractivity contribution is 1.27. The normalized spacial score (nSPS) is 13.0. The van der Waals surface area contributed by atoms with Crippen molar-refractivity contribution in [2.24, 2.45) is 0 Å². The van der Waals surface area contributed by atoms with Crippen molar-refractivity contribution in [2.45, 2.75) is 0 Å². The summed E-state index contributed by atoms with van der Waals surface area (Å²) in [6.45, 7) is 0. The molecular formula is C6H2BN6. The quantitative estimate of drug-likeness (QED) is 0.399. The Kier molecular flexibility index (Phi) is 0.980. The number of hydrogen-bond donors (Lipinski definition) is 1. The highest BCUT2D eigenvalue weighted by Crippen LogP contribution is 2.20. The predicted octanol–water partition coefficient (Wildman–Crippen LogP) is -1.10. The van der Waals surface area contributed by atoms with Crippen molar-refractivity contribution in [1.29, 1.82) is 5.26 Å². The van der Waals surface area contributed by atoms with Crippen LogP contribution in [0.3, 0.4) is 0 Å². The summed E-state index contributed by atoms with van der Waals surface area (Å²) in [5.41, 5.74) is 1.81. The minimum absolute atomic E-state index is 0.524. The highest BCUT2D eigenvalue weighted by Gasteiger charge is 2.25. The molecule has 0 atom stereocenters. The lowest BCUT2D eigenvalue weighted by atomic mass is 9.93. The third-order valence-corrected chi connectivity index (χ3v) is 1.86. The van der Waals surface area contributed by atoms with Crippen LogP contribution in [0.15, 0.2) is 6.33 Å². The maximum Gasteiger partial charge on any atom is 0.355 e. The van der Waals surface area contributed by atoms with Crippen LogP contribution in [0.25, 0.3) is 11.2 Å². The van der Waals surface area contributed by atoms with Gasteiger partial charge in [0, 0.05) is 0 Å². The number of nitrogens with one attached hydrogen (secondary N) is 1. The second-order valence-corrected chi connectivity index (χ2v) is 2.61. The molecule has 2 aromatic rings. The van der Waals surface area contributed by atoms with Crippen molar-refractivity contribution < 1.29 is 0 Å². The van der Waals surface area contributed by atoms with Gasteiger partial charge in [-0.3, -0.25) is 0 Å². The molecule has 13 heavy (non-hydrogen) atoms. The summed E-state index contributed by atoms with van der Waals surface area (Å²) < 4.78 is 0. The van der Waals surface area contributed by atoms with Crippen LogP contribution >= 0.6 is 0 Å². The molecule has 1 N–H and O–H groups in total. The first kappa shape index (κ1) is 6.42. The molecule has 0 amide bonds. The fraction of sp³-hybridized carbons (Fsp3) is 0. The zero-order valence-corrected chi connectivity index (χ0v) is 6.39. The average Bonchev–Trinajstić information content (AvgIpc) is 2.71. The summed E-state index contributed by atoms with van der Waals surface area (Å²) >= 11 is 0. The van der Waals surface area contributed by atoms with Gasteiger partial charge in [0.05, 0.1) is 6.33 Å². The molecule has 0 saturated carbocycles. The molecule has 3 rings (SSSR count). The summed E-state index contributed by atoms with van der Waals surface area (Å²) in [5, 5.41) is 8.75. The second kappa shape index (κ2) is 1.98. The molecule has 2 bridgehead atoms. The van der Waals surface area contributed by atoms with Gasteiger partial charge in [0.1, 0.15) is 11.2 Å². The van der Waals surface area contributed by atoms with Crippen LogP contribution < -0.4 is 10.5 Å². The molecule has 1 radical (unpaired) electrons. The molecule has 7 heteroatoms. The summed E-state index contributed by atoms with van der Waals surface area (Å²) in [5.74, 6) is 0.569. The van der Waals surface area contributed by atoms with Crippen molar-refractivity contribution >= 4 is 30.1 Å². The molecule has 0 unspecified atom stereocenters. The molecular weight excluding hydrogens is 167 g/mol. The van der Waals surface area contributed by atoms with Gasteiger partial charge in [0.25, 0.3) is 0 Å². The van der Waals surface area contributed by atoms with Crippen LogP contribution in [0.1, 0.15) is 0 Å². The number of nitrogens with zero attached hydrogens (tertiary/aromatic N) is 5. The van der Waals surface area contributed by atoms with E-state index in [9.17, 15) is 0 Å².